The lowest BCUT2D eigenvalue weighted by molar-refractivity contribution is 0.228. The van der Waals surface area contributed by atoms with Gasteiger partial charge in [0, 0.05) is 17.5 Å². The number of nitrogens with one attached hydrogen (secondary N) is 1. The van der Waals surface area contributed by atoms with E-state index in [9.17, 15) is 5.11 Å². The van der Waals surface area contributed by atoms with Crippen molar-refractivity contribution in [3.8, 4) is 0 Å². The summed E-state index contributed by atoms with van der Waals surface area (Å²) >= 11 is 1.68. The van der Waals surface area contributed by atoms with Gasteiger partial charge in [0.25, 0.3) is 0 Å². The highest BCUT2D eigenvalue weighted by Crippen LogP contribution is 2.24. The summed E-state index contributed by atoms with van der Waals surface area (Å²) in [5.74, 6) is 0. The van der Waals surface area contributed by atoms with Gasteiger partial charge < -0.3 is 15.5 Å². The Bertz CT molecular complexity index is 301. The van der Waals surface area contributed by atoms with Crippen molar-refractivity contribution < 1.29 is 10.2 Å². The average molecular weight is 243 g/mol. The number of rotatable bonds is 7. The average Bonchev–Trinajstić information content (AvgIpc) is 2.69. The Kier molecular flexibility index (Phi) is 5.98. The molecule has 0 aliphatic rings. The summed E-state index contributed by atoms with van der Waals surface area (Å²) in [5, 5.41) is 23.6. The predicted molar refractivity (Wildman–Crippen MR) is 67.8 cm³/mol. The standard InChI is InChI=1S/C12H21NO2S/c1-9-5-7-16-12(9)11(8-15)13-10(2)4-3-6-14/h5,7,10-11,13-15H,3-4,6,8H2,1-2H3. The fourth-order valence-electron chi connectivity index (χ4n) is 1.78. The molecule has 2 atom stereocenters. The van der Waals surface area contributed by atoms with Crippen molar-refractivity contribution in [3.05, 3.63) is 21.9 Å². The molecule has 1 aromatic heterocycles. The minimum Gasteiger partial charge on any atom is -0.396 e. The Hall–Kier alpha value is -0.420. The van der Waals surface area contributed by atoms with Crippen LogP contribution in [-0.4, -0.2) is 29.5 Å². The Morgan fingerprint density at radius 3 is 2.69 bits per heavy atom. The predicted octanol–water partition coefficient (Wildman–Crippen LogP) is 1.84. The Morgan fingerprint density at radius 2 is 2.19 bits per heavy atom. The molecule has 0 aliphatic heterocycles. The second kappa shape index (κ2) is 7.01. The highest BCUT2D eigenvalue weighted by Gasteiger charge is 2.16. The third-order valence-corrected chi connectivity index (χ3v) is 3.81. The van der Waals surface area contributed by atoms with E-state index in [1.165, 1.54) is 10.4 Å². The highest BCUT2D eigenvalue weighted by atomic mass is 32.1. The van der Waals surface area contributed by atoms with Crippen LogP contribution in [0, 0.1) is 6.92 Å². The monoisotopic (exact) mass is 243 g/mol. The van der Waals surface area contributed by atoms with Gasteiger partial charge in [-0.15, -0.1) is 11.3 Å². The summed E-state index contributed by atoms with van der Waals surface area (Å²) in [5.41, 5.74) is 1.23. The van der Waals surface area contributed by atoms with E-state index >= 15 is 0 Å². The minimum atomic E-state index is 0.0219. The van der Waals surface area contributed by atoms with Crippen LogP contribution in [0.4, 0.5) is 0 Å². The summed E-state index contributed by atoms with van der Waals surface area (Å²) in [4.78, 5) is 1.21. The van der Waals surface area contributed by atoms with Crippen LogP contribution in [0.5, 0.6) is 0 Å². The van der Waals surface area contributed by atoms with Gasteiger partial charge in [0.1, 0.15) is 0 Å². The molecule has 1 aromatic rings. The van der Waals surface area contributed by atoms with Crippen molar-refractivity contribution in [2.75, 3.05) is 13.2 Å². The Balaban J connectivity index is 2.52. The summed E-state index contributed by atoms with van der Waals surface area (Å²) in [6.45, 7) is 4.49. The second-order valence-corrected chi connectivity index (χ2v) is 5.08. The maximum atomic E-state index is 9.39. The van der Waals surface area contributed by atoms with E-state index in [2.05, 4.69) is 25.2 Å². The Morgan fingerprint density at radius 1 is 1.44 bits per heavy atom. The number of thiophene rings is 1. The van der Waals surface area contributed by atoms with Crippen LogP contribution >= 0.6 is 11.3 Å². The third kappa shape index (κ3) is 3.87. The molecular weight excluding hydrogens is 222 g/mol. The zero-order valence-electron chi connectivity index (χ0n) is 9.94. The summed E-state index contributed by atoms with van der Waals surface area (Å²) < 4.78 is 0. The maximum Gasteiger partial charge on any atom is 0.0654 e. The smallest absolute Gasteiger partial charge is 0.0654 e. The minimum absolute atomic E-state index is 0.0219. The molecule has 1 heterocycles. The summed E-state index contributed by atoms with van der Waals surface area (Å²) in [6.07, 6.45) is 1.73. The molecule has 92 valence electrons. The molecule has 3 N–H and O–H groups in total. The zero-order valence-corrected chi connectivity index (χ0v) is 10.8. The number of hydrogen-bond acceptors (Lipinski definition) is 4. The van der Waals surface area contributed by atoms with Gasteiger partial charge in [-0.05, 0) is 43.7 Å². The number of aliphatic hydroxyl groups is 2. The zero-order chi connectivity index (χ0) is 12.0. The lowest BCUT2D eigenvalue weighted by atomic mass is 10.1. The first-order valence-corrected chi connectivity index (χ1v) is 6.58. The molecule has 0 spiro atoms. The van der Waals surface area contributed by atoms with Gasteiger partial charge in [0.05, 0.1) is 12.6 Å². The van der Waals surface area contributed by atoms with Gasteiger partial charge in [0.15, 0.2) is 0 Å². The van der Waals surface area contributed by atoms with Crippen LogP contribution in [0.1, 0.15) is 36.2 Å². The summed E-state index contributed by atoms with van der Waals surface area (Å²) in [6, 6.07) is 2.41. The largest absolute Gasteiger partial charge is 0.396 e. The van der Waals surface area contributed by atoms with Crippen molar-refractivity contribution in [2.45, 2.75) is 38.8 Å². The van der Waals surface area contributed by atoms with E-state index in [-0.39, 0.29) is 19.3 Å². The van der Waals surface area contributed by atoms with Crippen molar-refractivity contribution >= 4 is 11.3 Å². The molecule has 0 aromatic carbocycles. The van der Waals surface area contributed by atoms with Crippen molar-refractivity contribution in [2.24, 2.45) is 0 Å². The van der Waals surface area contributed by atoms with Crippen LogP contribution in [0.15, 0.2) is 11.4 Å². The Labute approximate surface area is 101 Å². The third-order valence-electron chi connectivity index (χ3n) is 2.68. The molecule has 2 unspecified atom stereocenters. The van der Waals surface area contributed by atoms with Crippen LogP contribution in [-0.2, 0) is 0 Å². The van der Waals surface area contributed by atoms with E-state index in [1.54, 1.807) is 11.3 Å². The lowest BCUT2D eigenvalue weighted by Gasteiger charge is -2.21. The first-order valence-electron chi connectivity index (χ1n) is 5.70. The van der Waals surface area contributed by atoms with Crippen LogP contribution < -0.4 is 5.32 Å². The molecule has 1 rings (SSSR count). The quantitative estimate of drug-likeness (QED) is 0.685. The SMILES string of the molecule is Cc1ccsc1C(CO)NC(C)CCCO. The lowest BCUT2D eigenvalue weighted by Crippen LogP contribution is -2.32. The molecule has 3 nitrogen and oxygen atoms in total. The fourth-order valence-corrected chi connectivity index (χ4v) is 2.76. The topological polar surface area (TPSA) is 52.5 Å². The number of aryl methyl sites for hydroxylation is 1. The first-order chi connectivity index (χ1) is 7.69. The van der Waals surface area contributed by atoms with E-state index in [0.29, 0.717) is 6.04 Å². The van der Waals surface area contributed by atoms with Gasteiger partial charge in [0.2, 0.25) is 0 Å². The molecular formula is C12H21NO2S. The van der Waals surface area contributed by atoms with E-state index in [4.69, 9.17) is 5.11 Å². The normalized spacial score (nSPS) is 15.0. The van der Waals surface area contributed by atoms with Gasteiger partial charge in [-0.25, -0.2) is 0 Å². The van der Waals surface area contributed by atoms with Crippen LogP contribution in [0.25, 0.3) is 0 Å². The van der Waals surface area contributed by atoms with E-state index in [0.717, 1.165) is 12.8 Å². The molecule has 0 amide bonds. The second-order valence-electron chi connectivity index (χ2n) is 4.14. The molecule has 0 bridgehead atoms. The van der Waals surface area contributed by atoms with Crippen LogP contribution in [0.2, 0.25) is 0 Å². The van der Waals surface area contributed by atoms with Crippen molar-refractivity contribution in [3.63, 3.8) is 0 Å². The fraction of sp³-hybridized carbons (Fsp3) is 0.667. The molecule has 16 heavy (non-hydrogen) atoms. The first kappa shape index (κ1) is 13.6. The van der Waals surface area contributed by atoms with Crippen molar-refractivity contribution in [1.82, 2.24) is 5.32 Å². The summed E-state index contributed by atoms with van der Waals surface area (Å²) in [7, 11) is 0. The molecule has 0 radical (unpaired) electrons. The van der Waals surface area contributed by atoms with Gasteiger partial charge >= 0.3 is 0 Å². The van der Waals surface area contributed by atoms with E-state index in [1.807, 2.05) is 5.38 Å². The molecule has 0 saturated carbocycles. The number of aliphatic hydroxyl groups excluding tert-OH is 2. The maximum absolute atomic E-state index is 9.39. The van der Waals surface area contributed by atoms with Crippen LogP contribution in [0.3, 0.4) is 0 Å². The van der Waals surface area contributed by atoms with Gasteiger partial charge in [-0.2, -0.15) is 0 Å². The van der Waals surface area contributed by atoms with Gasteiger partial charge in [-0.3, -0.25) is 0 Å². The molecule has 0 fully saturated rings. The molecule has 0 saturated heterocycles. The molecule has 0 aliphatic carbocycles. The van der Waals surface area contributed by atoms with Crippen molar-refractivity contribution in [1.29, 1.82) is 0 Å². The number of hydrogen-bond donors (Lipinski definition) is 3. The molecule has 4 heteroatoms. The highest BCUT2D eigenvalue weighted by molar-refractivity contribution is 7.10. The van der Waals surface area contributed by atoms with E-state index < -0.39 is 0 Å². The van der Waals surface area contributed by atoms with Gasteiger partial charge in [-0.1, -0.05) is 0 Å².